The molecule has 1 aliphatic rings. The number of carbonyl (C=O) groups is 1. The van der Waals surface area contributed by atoms with Gasteiger partial charge in [0.25, 0.3) is 0 Å². The number of aryl methyl sites for hydroxylation is 1. The first-order chi connectivity index (χ1) is 8.63. The molecule has 2 unspecified atom stereocenters. The smallest absolute Gasteiger partial charge is 0.230 e. The van der Waals surface area contributed by atoms with Gasteiger partial charge in [-0.3, -0.25) is 4.79 Å². The highest BCUT2D eigenvalue weighted by Crippen LogP contribution is 2.28. The normalized spacial score (nSPS) is 23.0. The fraction of sp³-hybridized carbons (Fsp3) is 0.500. The number of benzene rings is 1. The Labute approximate surface area is 108 Å². The van der Waals surface area contributed by atoms with Gasteiger partial charge in [0.2, 0.25) is 5.91 Å². The SMILES string of the molecule is CCC1OCCC1C(=O)Nc1c(C)cccc1N. The third-order valence-electron chi connectivity index (χ3n) is 3.50. The molecular weight excluding hydrogens is 228 g/mol. The standard InChI is InChI=1S/C14H20N2O2/c1-3-12-10(7-8-18-12)14(17)16-13-9(2)5-4-6-11(13)15/h4-6,10,12H,3,7-8,15H2,1-2H3,(H,16,17). The van der Waals surface area contributed by atoms with Gasteiger partial charge in [-0.2, -0.15) is 0 Å². The lowest BCUT2D eigenvalue weighted by atomic mass is 9.98. The molecule has 1 aliphatic heterocycles. The van der Waals surface area contributed by atoms with E-state index in [4.69, 9.17) is 10.5 Å². The molecule has 1 amide bonds. The number of ether oxygens (including phenoxy) is 1. The lowest BCUT2D eigenvalue weighted by molar-refractivity contribution is -0.121. The van der Waals surface area contributed by atoms with Crippen molar-refractivity contribution in [2.75, 3.05) is 17.7 Å². The maximum Gasteiger partial charge on any atom is 0.230 e. The number of nitrogens with one attached hydrogen (secondary N) is 1. The van der Waals surface area contributed by atoms with Crippen molar-refractivity contribution in [3.8, 4) is 0 Å². The van der Waals surface area contributed by atoms with Gasteiger partial charge in [0.1, 0.15) is 0 Å². The molecular formula is C14H20N2O2. The number of anilines is 2. The van der Waals surface area contributed by atoms with Gasteiger partial charge in [-0.25, -0.2) is 0 Å². The molecule has 0 aromatic heterocycles. The Bertz CT molecular complexity index is 425. The first kappa shape index (κ1) is 12.9. The van der Waals surface area contributed by atoms with Crippen LogP contribution in [-0.2, 0) is 9.53 Å². The van der Waals surface area contributed by atoms with E-state index in [1.807, 2.05) is 26.0 Å². The van der Waals surface area contributed by atoms with E-state index in [9.17, 15) is 4.79 Å². The van der Waals surface area contributed by atoms with Gasteiger partial charge < -0.3 is 15.8 Å². The summed E-state index contributed by atoms with van der Waals surface area (Å²) in [6, 6.07) is 5.62. The zero-order chi connectivity index (χ0) is 13.1. The van der Waals surface area contributed by atoms with Crippen molar-refractivity contribution in [3.63, 3.8) is 0 Å². The summed E-state index contributed by atoms with van der Waals surface area (Å²) in [5.41, 5.74) is 8.20. The number of hydrogen-bond donors (Lipinski definition) is 2. The van der Waals surface area contributed by atoms with Gasteiger partial charge in [0, 0.05) is 6.61 Å². The number of rotatable bonds is 3. The van der Waals surface area contributed by atoms with Crippen molar-refractivity contribution in [2.45, 2.75) is 32.8 Å². The summed E-state index contributed by atoms with van der Waals surface area (Å²) in [6.07, 6.45) is 1.69. The minimum Gasteiger partial charge on any atom is -0.397 e. The van der Waals surface area contributed by atoms with E-state index in [1.165, 1.54) is 0 Å². The number of hydrogen-bond acceptors (Lipinski definition) is 3. The second-order valence-corrected chi connectivity index (χ2v) is 4.74. The summed E-state index contributed by atoms with van der Waals surface area (Å²) < 4.78 is 5.54. The van der Waals surface area contributed by atoms with Gasteiger partial charge in [0.15, 0.2) is 0 Å². The first-order valence-corrected chi connectivity index (χ1v) is 6.41. The maximum absolute atomic E-state index is 12.2. The van der Waals surface area contributed by atoms with E-state index >= 15 is 0 Å². The maximum atomic E-state index is 12.2. The molecule has 1 aromatic carbocycles. The van der Waals surface area contributed by atoms with E-state index in [-0.39, 0.29) is 17.9 Å². The average molecular weight is 248 g/mol. The molecule has 0 radical (unpaired) electrons. The molecule has 4 nitrogen and oxygen atoms in total. The largest absolute Gasteiger partial charge is 0.397 e. The molecule has 1 heterocycles. The molecule has 2 atom stereocenters. The van der Waals surface area contributed by atoms with Crippen molar-refractivity contribution >= 4 is 17.3 Å². The zero-order valence-electron chi connectivity index (χ0n) is 10.9. The summed E-state index contributed by atoms with van der Waals surface area (Å²) in [5.74, 6) is -0.0469. The monoisotopic (exact) mass is 248 g/mol. The molecule has 1 fully saturated rings. The number of nitrogen functional groups attached to an aromatic ring is 1. The predicted octanol–water partition coefficient (Wildman–Crippen LogP) is 2.33. The molecule has 0 saturated carbocycles. The Kier molecular flexibility index (Phi) is 3.87. The van der Waals surface area contributed by atoms with Crippen molar-refractivity contribution in [1.29, 1.82) is 0 Å². The lowest BCUT2D eigenvalue weighted by Gasteiger charge is -2.18. The van der Waals surface area contributed by atoms with E-state index in [0.717, 1.165) is 24.1 Å². The van der Waals surface area contributed by atoms with Crippen molar-refractivity contribution in [2.24, 2.45) is 5.92 Å². The minimum absolute atomic E-state index is 0.0142. The number of nitrogens with two attached hydrogens (primary N) is 1. The van der Waals surface area contributed by atoms with Gasteiger partial charge >= 0.3 is 0 Å². The second-order valence-electron chi connectivity index (χ2n) is 4.74. The zero-order valence-corrected chi connectivity index (χ0v) is 10.9. The van der Waals surface area contributed by atoms with Crippen molar-refractivity contribution < 1.29 is 9.53 Å². The van der Waals surface area contributed by atoms with Crippen LogP contribution in [0.2, 0.25) is 0 Å². The van der Waals surface area contributed by atoms with Crippen LogP contribution in [0.15, 0.2) is 18.2 Å². The quantitative estimate of drug-likeness (QED) is 0.807. The van der Waals surface area contributed by atoms with Gasteiger partial charge in [-0.1, -0.05) is 19.1 Å². The second kappa shape index (κ2) is 5.40. The van der Waals surface area contributed by atoms with Crippen molar-refractivity contribution in [1.82, 2.24) is 0 Å². The lowest BCUT2D eigenvalue weighted by Crippen LogP contribution is -2.29. The highest BCUT2D eigenvalue weighted by Gasteiger charge is 2.33. The van der Waals surface area contributed by atoms with Crippen LogP contribution in [0.5, 0.6) is 0 Å². The fourth-order valence-corrected chi connectivity index (χ4v) is 2.43. The van der Waals surface area contributed by atoms with E-state index < -0.39 is 0 Å². The van der Waals surface area contributed by atoms with Gasteiger partial charge in [0.05, 0.1) is 23.4 Å². The van der Waals surface area contributed by atoms with Crippen molar-refractivity contribution in [3.05, 3.63) is 23.8 Å². The molecule has 0 spiro atoms. The molecule has 0 aliphatic carbocycles. The summed E-state index contributed by atoms with van der Waals surface area (Å²) in [6.45, 7) is 4.65. The molecule has 0 bridgehead atoms. The summed E-state index contributed by atoms with van der Waals surface area (Å²) in [5, 5.41) is 2.94. The summed E-state index contributed by atoms with van der Waals surface area (Å²) in [7, 11) is 0. The highest BCUT2D eigenvalue weighted by atomic mass is 16.5. The summed E-state index contributed by atoms with van der Waals surface area (Å²) >= 11 is 0. The number of amides is 1. The van der Waals surface area contributed by atoms with Crippen LogP contribution in [0.4, 0.5) is 11.4 Å². The molecule has 3 N–H and O–H groups in total. The number of para-hydroxylation sites is 1. The topological polar surface area (TPSA) is 64.3 Å². The van der Waals surface area contributed by atoms with Gasteiger partial charge in [-0.05, 0) is 31.4 Å². The van der Waals surface area contributed by atoms with E-state index in [1.54, 1.807) is 6.07 Å². The van der Waals surface area contributed by atoms with Crippen LogP contribution in [0.3, 0.4) is 0 Å². The highest BCUT2D eigenvalue weighted by molar-refractivity contribution is 5.96. The van der Waals surface area contributed by atoms with E-state index in [0.29, 0.717) is 12.3 Å². The Hall–Kier alpha value is -1.55. The molecule has 2 rings (SSSR count). The molecule has 1 aromatic rings. The Morgan fingerprint density at radius 1 is 1.56 bits per heavy atom. The first-order valence-electron chi connectivity index (χ1n) is 6.41. The van der Waals surface area contributed by atoms with E-state index in [2.05, 4.69) is 5.32 Å². The average Bonchev–Trinajstić information content (AvgIpc) is 2.82. The van der Waals surface area contributed by atoms with Crippen LogP contribution in [0, 0.1) is 12.8 Å². The summed E-state index contributed by atoms with van der Waals surface area (Å²) in [4.78, 5) is 12.2. The van der Waals surface area contributed by atoms with Crippen LogP contribution in [0.1, 0.15) is 25.3 Å². The fourth-order valence-electron chi connectivity index (χ4n) is 2.43. The Morgan fingerprint density at radius 3 is 3.00 bits per heavy atom. The molecule has 18 heavy (non-hydrogen) atoms. The molecule has 98 valence electrons. The van der Waals surface area contributed by atoms with Crippen LogP contribution in [-0.4, -0.2) is 18.6 Å². The van der Waals surface area contributed by atoms with Crippen LogP contribution in [0.25, 0.3) is 0 Å². The molecule has 4 heteroatoms. The van der Waals surface area contributed by atoms with Crippen LogP contribution < -0.4 is 11.1 Å². The molecule has 1 saturated heterocycles. The Balaban J connectivity index is 2.12. The third-order valence-corrected chi connectivity index (χ3v) is 3.50. The Morgan fingerprint density at radius 2 is 2.33 bits per heavy atom. The van der Waals surface area contributed by atoms with Gasteiger partial charge in [-0.15, -0.1) is 0 Å². The van der Waals surface area contributed by atoms with Crippen LogP contribution >= 0.6 is 0 Å². The third kappa shape index (κ3) is 2.48. The predicted molar refractivity (Wildman–Crippen MR) is 72.4 cm³/mol. The number of carbonyl (C=O) groups excluding carboxylic acids is 1. The minimum atomic E-state index is -0.0611.